The molecule has 0 aliphatic carbocycles. The van der Waals surface area contributed by atoms with Crippen molar-refractivity contribution in [3.05, 3.63) is 58.8 Å². The first-order valence-electron chi connectivity index (χ1n) is 10.9. The van der Waals surface area contributed by atoms with Gasteiger partial charge in [-0.2, -0.15) is 4.98 Å². The van der Waals surface area contributed by atoms with E-state index in [-0.39, 0.29) is 0 Å². The van der Waals surface area contributed by atoms with Crippen LogP contribution < -0.4 is 26.6 Å². The smallest absolute Gasteiger partial charge is 0.408 e. The third kappa shape index (κ3) is 4.65. The Bertz CT molecular complexity index is 1320. The van der Waals surface area contributed by atoms with Crippen molar-refractivity contribution in [2.75, 3.05) is 28.6 Å². The molecule has 3 aromatic heterocycles. The number of aromatic amines is 1. The predicted molar refractivity (Wildman–Crippen MR) is 129 cm³/mol. The molecule has 0 radical (unpaired) electrons. The number of pyridine rings is 1. The van der Waals surface area contributed by atoms with E-state index < -0.39 is 5.76 Å². The second-order valence-electron chi connectivity index (χ2n) is 8.48. The minimum absolute atomic E-state index is 0.426. The number of hydrogen-bond donors (Lipinski definition) is 4. The van der Waals surface area contributed by atoms with Crippen molar-refractivity contribution in [1.82, 2.24) is 25.3 Å². The number of piperazine rings is 1. The molecular formula is C23H26N8O2. The number of aromatic nitrogens is 4. The first kappa shape index (κ1) is 21.0. The average molecular weight is 447 g/mol. The maximum Gasteiger partial charge on any atom is 0.417 e. The number of anilines is 5. The lowest BCUT2D eigenvalue weighted by Gasteiger charge is -2.36. The molecule has 5 rings (SSSR count). The standard InChI is InChI=1S/C23H26N8O2/c1-13-9-25-22(30-21(13)27-16-4-6-19-18(8-16)29-23(32)33-19)28-17-5-7-20(24-10-17)31-11-14(2)26-15(3)12-31/h4-10,14-15,26H,11-12H2,1-3H3,(H,29,32)(H2,25,27,28,30). The fourth-order valence-corrected chi connectivity index (χ4v) is 4.09. The summed E-state index contributed by atoms with van der Waals surface area (Å²) < 4.78 is 5.05. The van der Waals surface area contributed by atoms with Gasteiger partial charge in [0, 0.05) is 42.6 Å². The number of fused-ring (bicyclic) bond motifs is 1. The van der Waals surface area contributed by atoms with E-state index >= 15 is 0 Å². The lowest BCUT2D eigenvalue weighted by molar-refractivity contribution is 0.405. The first-order chi connectivity index (χ1) is 15.9. The molecule has 4 N–H and O–H groups in total. The van der Waals surface area contributed by atoms with Crippen molar-refractivity contribution in [3.63, 3.8) is 0 Å². The maximum atomic E-state index is 11.4. The van der Waals surface area contributed by atoms with Gasteiger partial charge in [-0.3, -0.25) is 4.98 Å². The quantitative estimate of drug-likeness (QED) is 0.365. The van der Waals surface area contributed by atoms with Gasteiger partial charge >= 0.3 is 5.76 Å². The number of nitrogens with zero attached hydrogens (tertiary/aromatic N) is 4. The van der Waals surface area contributed by atoms with Gasteiger partial charge < -0.3 is 25.3 Å². The molecule has 10 heteroatoms. The highest BCUT2D eigenvalue weighted by molar-refractivity contribution is 5.78. The molecule has 170 valence electrons. The van der Waals surface area contributed by atoms with Gasteiger partial charge in [0.15, 0.2) is 5.58 Å². The van der Waals surface area contributed by atoms with E-state index in [1.54, 1.807) is 24.5 Å². The van der Waals surface area contributed by atoms with E-state index in [0.717, 1.165) is 35.8 Å². The van der Waals surface area contributed by atoms with Crippen LogP contribution in [0.15, 0.2) is 51.9 Å². The van der Waals surface area contributed by atoms with E-state index in [1.807, 2.05) is 25.1 Å². The molecule has 0 spiro atoms. The Hall–Kier alpha value is -3.92. The average Bonchev–Trinajstić information content (AvgIpc) is 3.15. The first-order valence-corrected chi connectivity index (χ1v) is 10.9. The van der Waals surface area contributed by atoms with Crippen LogP contribution in [0.5, 0.6) is 0 Å². The fourth-order valence-electron chi connectivity index (χ4n) is 4.09. The summed E-state index contributed by atoms with van der Waals surface area (Å²) in [6.07, 6.45) is 3.55. The van der Waals surface area contributed by atoms with Crippen LogP contribution in [0.1, 0.15) is 19.4 Å². The van der Waals surface area contributed by atoms with Gasteiger partial charge in [0.25, 0.3) is 0 Å². The summed E-state index contributed by atoms with van der Waals surface area (Å²) in [4.78, 5) is 30.0. The summed E-state index contributed by atoms with van der Waals surface area (Å²) in [7, 11) is 0. The van der Waals surface area contributed by atoms with Crippen LogP contribution in [0.4, 0.5) is 29.0 Å². The zero-order chi connectivity index (χ0) is 22.9. The number of hydrogen-bond acceptors (Lipinski definition) is 9. The molecule has 0 amide bonds. The molecule has 4 heterocycles. The monoisotopic (exact) mass is 446 g/mol. The Kier molecular flexibility index (Phi) is 5.43. The zero-order valence-electron chi connectivity index (χ0n) is 18.7. The number of H-pyrrole nitrogens is 1. The van der Waals surface area contributed by atoms with Gasteiger partial charge in [-0.25, -0.2) is 14.8 Å². The highest BCUT2D eigenvalue weighted by Gasteiger charge is 2.21. The maximum absolute atomic E-state index is 11.4. The molecule has 10 nitrogen and oxygen atoms in total. The summed E-state index contributed by atoms with van der Waals surface area (Å²) in [5, 5.41) is 10.0. The Morgan fingerprint density at radius 1 is 1.03 bits per heavy atom. The lowest BCUT2D eigenvalue weighted by Crippen LogP contribution is -2.54. The zero-order valence-corrected chi connectivity index (χ0v) is 18.7. The minimum Gasteiger partial charge on any atom is -0.408 e. The normalized spacial score (nSPS) is 18.5. The lowest BCUT2D eigenvalue weighted by atomic mass is 10.1. The minimum atomic E-state index is -0.479. The highest BCUT2D eigenvalue weighted by Crippen LogP contribution is 2.24. The molecular weight excluding hydrogens is 420 g/mol. The topological polar surface area (TPSA) is 124 Å². The van der Waals surface area contributed by atoms with Crippen molar-refractivity contribution in [2.24, 2.45) is 0 Å². The van der Waals surface area contributed by atoms with E-state index in [4.69, 9.17) is 4.42 Å². The molecule has 0 bridgehead atoms. The van der Waals surface area contributed by atoms with Crippen LogP contribution in [-0.2, 0) is 0 Å². The van der Waals surface area contributed by atoms with Crippen molar-refractivity contribution in [2.45, 2.75) is 32.9 Å². The fraction of sp³-hybridized carbons (Fsp3) is 0.304. The van der Waals surface area contributed by atoms with Crippen LogP contribution in [0.25, 0.3) is 11.1 Å². The summed E-state index contributed by atoms with van der Waals surface area (Å²) in [5.74, 6) is 1.60. The molecule has 1 fully saturated rings. The van der Waals surface area contributed by atoms with Crippen molar-refractivity contribution in [3.8, 4) is 0 Å². The molecule has 2 atom stereocenters. The molecule has 1 aliphatic rings. The number of benzene rings is 1. The molecule has 1 saturated heterocycles. The van der Waals surface area contributed by atoms with Gasteiger partial charge in [-0.05, 0) is 51.1 Å². The van der Waals surface area contributed by atoms with Crippen LogP contribution in [0, 0.1) is 6.92 Å². The SMILES string of the molecule is Cc1cnc(Nc2ccc(N3CC(C)NC(C)C3)nc2)nc1Nc1ccc2oc(=O)[nH]c2c1. The summed E-state index contributed by atoms with van der Waals surface area (Å²) in [6.45, 7) is 8.16. The molecule has 1 aliphatic heterocycles. The van der Waals surface area contributed by atoms with Gasteiger partial charge in [0.2, 0.25) is 5.95 Å². The Labute approximate surface area is 190 Å². The number of nitrogens with one attached hydrogen (secondary N) is 4. The second kappa shape index (κ2) is 8.55. The molecule has 1 aromatic carbocycles. The largest absolute Gasteiger partial charge is 0.417 e. The van der Waals surface area contributed by atoms with E-state index in [0.29, 0.717) is 34.9 Å². The van der Waals surface area contributed by atoms with Crippen LogP contribution >= 0.6 is 0 Å². The Morgan fingerprint density at radius 2 is 1.82 bits per heavy atom. The molecule has 2 unspecified atom stereocenters. The molecule has 4 aromatic rings. The van der Waals surface area contributed by atoms with Crippen LogP contribution in [-0.4, -0.2) is 45.1 Å². The van der Waals surface area contributed by atoms with Crippen molar-refractivity contribution < 1.29 is 4.42 Å². The van der Waals surface area contributed by atoms with Crippen LogP contribution in [0.3, 0.4) is 0 Å². The number of oxazole rings is 1. The number of rotatable bonds is 5. The molecule has 0 saturated carbocycles. The van der Waals surface area contributed by atoms with E-state index in [1.165, 1.54) is 0 Å². The van der Waals surface area contributed by atoms with Crippen molar-refractivity contribution in [1.29, 1.82) is 0 Å². The highest BCUT2D eigenvalue weighted by atomic mass is 16.4. The Morgan fingerprint density at radius 3 is 2.58 bits per heavy atom. The van der Waals surface area contributed by atoms with Gasteiger partial charge in [0.1, 0.15) is 11.6 Å². The number of aryl methyl sites for hydroxylation is 1. The van der Waals surface area contributed by atoms with E-state index in [2.05, 4.69) is 54.6 Å². The van der Waals surface area contributed by atoms with E-state index in [9.17, 15) is 4.79 Å². The summed E-state index contributed by atoms with van der Waals surface area (Å²) in [5.41, 5.74) is 3.60. The second-order valence-corrected chi connectivity index (χ2v) is 8.48. The van der Waals surface area contributed by atoms with Gasteiger partial charge in [0.05, 0.1) is 17.4 Å². The molecule has 33 heavy (non-hydrogen) atoms. The predicted octanol–water partition coefficient (Wildman–Crippen LogP) is 3.29. The van der Waals surface area contributed by atoms with Crippen LogP contribution in [0.2, 0.25) is 0 Å². The Balaban J connectivity index is 1.31. The third-order valence-corrected chi connectivity index (χ3v) is 5.54. The van der Waals surface area contributed by atoms with Crippen molar-refractivity contribution >= 4 is 40.1 Å². The third-order valence-electron chi connectivity index (χ3n) is 5.54. The summed E-state index contributed by atoms with van der Waals surface area (Å²) in [6, 6.07) is 10.2. The van der Waals surface area contributed by atoms with Gasteiger partial charge in [-0.1, -0.05) is 0 Å². The van der Waals surface area contributed by atoms with Gasteiger partial charge in [-0.15, -0.1) is 0 Å². The summed E-state index contributed by atoms with van der Waals surface area (Å²) >= 11 is 0.